The number of benzene rings is 12. The monoisotopic (exact) mass is 1530 g/mol. The predicted octanol–water partition coefficient (Wildman–Crippen LogP) is 21.2. The lowest BCUT2D eigenvalue weighted by Crippen LogP contribution is -2.12. The Morgan fingerprint density at radius 2 is 0.554 bits per heavy atom. The fourth-order valence-electron chi connectivity index (χ4n) is 13.9. The summed E-state index contributed by atoms with van der Waals surface area (Å²) in [5.41, 5.74) is 21.7. The van der Waals surface area contributed by atoms with Gasteiger partial charge >= 0.3 is 18.1 Å². The van der Waals surface area contributed by atoms with E-state index in [1.165, 1.54) is 12.7 Å². The van der Waals surface area contributed by atoms with Gasteiger partial charge in [-0.25, -0.2) is 16.8 Å². The van der Waals surface area contributed by atoms with Gasteiger partial charge in [0.2, 0.25) is 19.7 Å². The number of hydrogen-bond donors (Lipinski definition) is 0. The molecule has 0 radical (unpaired) electrons. The van der Waals surface area contributed by atoms with Crippen molar-refractivity contribution < 1.29 is 55.0 Å². The lowest BCUT2D eigenvalue weighted by molar-refractivity contribution is -0.191. The molecule has 2 aliphatic rings. The highest BCUT2D eigenvalue weighted by Crippen LogP contribution is 2.51. The average Bonchev–Trinajstić information content (AvgIpc) is 1.58. The summed E-state index contributed by atoms with van der Waals surface area (Å²) >= 11 is 0. The fraction of sp³-hybridized carbons (Fsp3) is 0.191. The van der Waals surface area contributed by atoms with Crippen molar-refractivity contribution in [1.82, 2.24) is 0 Å². The van der Waals surface area contributed by atoms with Gasteiger partial charge in [-0.15, -0.1) is 0 Å². The van der Waals surface area contributed by atoms with Crippen LogP contribution in [0.25, 0.3) is 22.3 Å². The predicted molar refractivity (Wildman–Crippen MR) is 442 cm³/mol. The van der Waals surface area contributed by atoms with Gasteiger partial charge in [0, 0.05) is 117 Å². The number of methoxy groups -OCH3 is 2. The summed E-state index contributed by atoms with van der Waals surface area (Å²) in [7, 11) is -4.80. The zero-order chi connectivity index (χ0) is 79.2. The Hall–Kier alpha value is -12.3. The van der Waals surface area contributed by atoms with Crippen molar-refractivity contribution in [2.75, 3.05) is 47.0 Å². The van der Waals surface area contributed by atoms with Crippen LogP contribution in [0, 0.1) is 27.7 Å². The number of aryl methyl sites for hydroxylation is 8. The molecule has 0 fully saturated rings. The minimum atomic E-state index is -3.91. The summed E-state index contributed by atoms with van der Waals surface area (Å²) in [5.74, 6) is -0.373. The number of hydrogen-bond acceptors (Lipinski definition) is 16. The Kier molecular flexibility index (Phi) is 25.2. The first kappa shape index (κ1) is 79.2. The minimum Gasteiger partial charge on any atom is -0.469 e. The molecule has 0 aliphatic carbocycles. The number of nitrogens with zero attached hydrogens (tertiary/aromatic N) is 4. The van der Waals surface area contributed by atoms with Gasteiger partial charge in [-0.3, -0.25) is 9.59 Å². The minimum absolute atomic E-state index is 0.149. The molecule has 0 unspecified atom stereocenters. The van der Waals surface area contributed by atoms with Gasteiger partial charge in [-0.05, 0) is 228 Å². The number of carbonyl (C=O) groups excluding carboxylic acids is 5. The highest BCUT2D eigenvalue weighted by atomic mass is 32.2. The lowest BCUT2D eigenvalue weighted by atomic mass is 10.0. The second-order valence-corrected chi connectivity index (χ2v) is 31.7. The summed E-state index contributed by atoms with van der Waals surface area (Å²) in [6.07, 6.45) is 5.13. The fourth-order valence-corrected chi connectivity index (χ4v) is 17.4. The van der Waals surface area contributed by atoms with Crippen molar-refractivity contribution in [2.24, 2.45) is 0 Å². The number of Topliss-reactive ketones (excluding diaryl/α,β-unsaturated/α-hetero) is 1. The molecular formula is C94H88N4O12S2. The first-order valence-electron chi connectivity index (χ1n) is 37.2. The van der Waals surface area contributed by atoms with E-state index in [-0.39, 0.29) is 51.6 Å². The maximum atomic E-state index is 14.6. The lowest BCUT2D eigenvalue weighted by Gasteiger charge is -2.26. The highest BCUT2D eigenvalue weighted by Gasteiger charge is 2.37. The summed E-state index contributed by atoms with van der Waals surface area (Å²) < 4.78 is 73.1. The summed E-state index contributed by atoms with van der Waals surface area (Å²) in [4.78, 5) is 61.2. The van der Waals surface area contributed by atoms with Crippen molar-refractivity contribution in [2.45, 2.75) is 112 Å². The molecule has 112 heavy (non-hydrogen) atoms. The van der Waals surface area contributed by atoms with Crippen LogP contribution >= 0.6 is 0 Å². The Balaban J connectivity index is 0.000000202. The van der Waals surface area contributed by atoms with Crippen molar-refractivity contribution in [3.05, 3.63) is 311 Å². The number of esters is 2. The molecule has 0 atom stereocenters. The molecule has 0 N–H and O–H groups in total. The first-order chi connectivity index (χ1) is 54.1. The van der Waals surface area contributed by atoms with Gasteiger partial charge in [0.1, 0.15) is 12.4 Å². The van der Waals surface area contributed by atoms with Crippen molar-refractivity contribution >= 4 is 112 Å². The Bertz CT molecular complexity index is 5640. The van der Waals surface area contributed by atoms with Crippen LogP contribution in [0.3, 0.4) is 0 Å². The van der Waals surface area contributed by atoms with E-state index >= 15 is 0 Å². The van der Waals surface area contributed by atoms with Crippen LogP contribution in [0.1, 0.15) is 84.0 Å². The van der Waals surface area contributed by atoms with Gasteiger partial charge in [-0.1, -0.05) is 157 Å². The second-order valence-electron chi connectivity index (χ2n) is 27.9. The Morgan fingerprint density at radius 1 is 0.321 bits per heavy atom. The van der Waals surface area contributed by atoms with E-state index in [9.17, 15) is 31.2 Å². The summed E-state index contributed by atoms with van der Waals surface area (Å²) in [6, 6.07) is 88.0. The molecule has 0 saturated heterocycles. The van der Waals surface area contributed by atoms with Crippen LogP contribution in [0.15, 0.2) is 287 Å². The van der Waals surface area contributed by atoms with Crippen LogP contribution in [-0.2, 0) is 83.5 Å². The highest BCUT2D eigenvalue weighted by molar-refractivity contribution is 7.92. The third-order valence-electron chi connectivity index (χ3n) is 19.9. The summed E-state index contributed by atoms with van der Waals surface area (Å²) in [6.45, 7) is 12.5. The topological polar surface area (TPSA) is 194 Å². The van der Waals surface area contributed by atoms with E-state index < -0.39 is 19.7 Å². The third kappa shape index (κ3) is 18.1. The molecule has 12 aromatic carbocycles. The van der Waals surface area contributed by atoms with Crippen LogP contribution in [0.5, 0.6) is 0 Å². The quantitative estimate of drug-likeness (QED) is 0.0366. The van der Waals surface area contributed by atoms with Crippen molar-refractivity contribution in [1.29, 1.82) is 0 Å². The van der Waals surface area contributed by atoms with Crippen LogP contribution in [0.4, 0.5) is 68.2 Å². The molecule has 16 nitrogen and oxygen atoms in total. The van der Waals surface area contributed by atoms with Crippen LogP contribution in [-0.4, -0.2) is 68.1 Å². The van der Waals surface area contributed by atoms with E-state index in [0.29, 0.717) is 71.5 Å². The van der Waals surface area contributed by atoms with E-state index in [4.69, 9.17) is 23.8 Å². The maximum Gasteiger partial charge on any atom is 0.373 e. The number of ether oxygens (including phenoxy) is 3. The number of sulfone groups is 2. The molecule has 2 aliphatic heterocycles. The average molecular weight is 1530 g/mol. The molecule has 0 saturated carbocycles. The molecular weight excluding hydrogens is 1440 g/mol. The van der Waals surface area contributed by atoms with Gasteiger partial charge in [-0.2, -0.15) is 9.59 Å². The molecule has 2 heterocycles. The number of fused-ring (bicyclic) bond motifs is 6. The van der Waals surface area contributed by atoms with Gasteiger partial charge < -0.3 is 38.6 Å². The molecule has 0 bridgehead atoms. The molecule has 0 amide bonds. The SMILES string of the molecule is CCCc1ccc(N(c2ccc(C)cc2)c2ccc3c(c2)S(=O)(=O)c2cc(N(c4ccc(C)cc4)c4ccc(CCC(=O)OC)cc4)ccc2-3)cc1.COCCOC(=O)CCc1ccc(N(c2ccc(C)cc2)c2ccc3c(c2)S(=O)(=O)c2cc(N(c4ccc(C)cc4)c4ccc(CCC(C)=O)cc4)ccc2-3)cc1.O=C=O. The number of ketones is 1. The number of carbonyl (C=O) groups is 3. The molecule has 12 aromatic rings. The Labute approximate surface area is 656 Å². The molecule has 0 spiro atoms. The van der Waals surface area contributed by atoms with Crippen LogP contribution < -0.4 is 19.6 Å². The second kappa shape index (κ2) is 35.6. The van der Waals surface area contributed by atoms with E-state index in [1.807, 2.05) is 226 Å². The van der Waals surface area contributed by atoms with Crippen molar-refractivity contribution in [3.63, 3.8) is 0 Å². The van der Waals surface area contributed by atoms with Crippen LogP contribution in [0.2, 0.25) is 0 Å². The van der Waals surface area contributed by atoms with Crippen molar-refractivity contribution in [3.8, 4) is 22.3 Å². The third-order valence-corrected chi connectivity index (χ3v) is 23.6. The van der Waals surface area contributed by atoms with Gasteiger partial charge in [0.15, 0.2) is 0 Å². The standard InChI is InChI=1S/C48H46N2O6S.C45H42N2O4S.CO2/c1-33-5-16-38(17-6-33)49(40-20-11-36(12-21-40)10-9-35(3)51)42-24-26-44-45-27-25-43(32-47(45)57(53,54)46(44)31-42)50(39-18-7-34(2)8-19-39)41-22-13-37(14-23-41)15-28-48(52)56-30-29-55-4;1-5-6-33-11-20-37(21-12-33)46(35-16-7-31(2)8-17-35)39-24-26-41-42-27-25-40(30-44(42)52(49,50)43(41)29-39)47(36-18-9-32(3)10-19-36)38-22-13-34(14-23-38)15-28-45(48)51-4;2-1-3/h5-8,11-14,16-27,31-32H,9-10,15,28-30H2,1-4H3;7-14,16-27,29-30H,5-6,15,28H2,1-4H3;. The maximum absolute atomic E-state index is 14.6. The number of anilines is 12. The largest absolute Gasteiger partial charge is 0.469 e. The molecule has 0 aromatic heterocycles. The smallest absolute Gasteiger partial charge is 0.373 e. The molecule has 14 rings (SSSR count). The zero-order valence-corrected chi connectivity index (χ0v) is 65.6. The summed E-state index contributed by atoms with van der Waals surface area (Å²) in [5, 5.41) is 0. The first-order valence-corrected chi connectivity index (χ1v) is 40.2. The van der Waals surface area contributed by atoms with E-state index in [0.717, 1.165) is 114 Å². The van der Waals surface area contributed by atoms with E-state index in [2.05, 4.69) is 77.1 Å². The zero-order valence-electron chi connectivity index (χ0n) is 64.0. The molecule has 568 valence electrons. The van der Waals surface area contributed by atoms with Gasteiger partial charge in [0.05, 0.1) is 33.3 Å². The van der Waals surface area contributed by atoms with E-state index in [1.54, 1.807) is 32.2 Å². The molecule has 18 heteroatoms. The normalized spacial score (nSPS) is 12.2. The Morgan fingerprint density at radius 3 is 0.795 bits per heavy atom. The number of rotatable bonds is 26. The van der Waals surface area contributed by atoms with Gasteiger partial charge in [0.25, 0.3) is 0 Å².